The molecule has 3 aromatic rings. The van der Waals surface area contributed by atoms with Gasteiger partial charge in [-0.25, -0.2) is 0 Å². The fourth-order valence-corrected chi connectivity index (χ4v) is 9.11. The van der Waals surface area contributed by atoms with E-state index in [0.29, 0.717) is 0 Å². The molecule has 0 N–H and O–H groups in total. The van der Waals surface area contributed by atoms with Crippen LogP contribution in [0.4, 0.5) is 0 Å². The second kappa shape index (κ2) is 14.4. The van der Waals surface area contributed by atoms with Crippen molar-refractivity contribution in [2.75, 3.05) is 12.8 Å². The molecule has 0 radical (unpaired) electrons. The Labute approximate surface area is 300 Å². The van der Waals surface area contributed by atoms with Gasteiger partial charge in [0.15, 0.2) is 0 Å². The van der Waals surface area contributed by atoms with Crippen LogP contribution in [0.3, 0.4) is 0 Å². The maximum Gasteiger partial charge on any atom is -0.00665 e. The summed E-state index contributed by atoms with van der Waals surface area (Å²) in [5.41, 5.74) is 18.3. The monoisotopic (exact) mass is 669 g/mol. The summed E-state index contributed by atoms with van der Waals surface area (Å²) in [6.07, 6.45) is 6.25. The van der Waals surface area contributed by atoms with Crippen molar-refractivity contribution >= 4 is 7.92 Å². The van der Waals surface area contributed by atoms with Gasteiger partial charge in [0.25, 0.3) is 0 Å². The van der Waals surface area contributed by atoms with Crippen molar-refractivity contribution in [1.29, 1.82) is 0 Å². The van der Waals surface area contributed by atoms with Crippen molar-refractivity contribution in [3.63, 3.8) is 0 Å². The van der Waals surface area contributed by atoms with E-state index < -0.39 is 0 Å². The summed E-state index contributed by atoms with van der Waals surface area (Å²) in [4.78, 5) is 0. The van der Waals surface area contributed by atoms with E-state index in [1.807, 2.05) is 0 Å². The van der Waals surface area contributed by atoms with Crippen LogP contribution in [-0.2, 0) is 39.7 Å². The highest BCUT2D eigenvalue weighted by Gasteiger charge is 2.29. The highest BCUT2D eigenvalue weighted by atomic mass is 31.1. The fourth-order valence-electron chi connectivity index (χ4n) is 7.31. The van der Waals surface area contributed by atoms with Crippen LogP contribution in [0.15, 0.2) is 36.4 Å². The van der Waals surface area contributed by atoms with E-state index in [1.165, 1.54) is 87.2 Å². The van der Waals surface area contributed by atoms with Crippen LogP contribution in [-0.4, -0.2) is 12.8 Å². The third-order valence-electron chi connectivity index (χ3n) is 10.5. The van der Waals surface area contributed by atoms with Crippen molar-refractivity contribution in [2.24, 2.45) is 0 Å². The maximum atomic E-state index is 2.58. The largest absolute Gasteiger partial charge is 0.105 e. The van der Waals surface area contributed by atoms with Crippen LogP contribution >= 0.6 is 7.92 Å². The summed E-state index contributed by atoms with van der Waals surface area (Å²) in [6, 6.07) is 15.1. The van der Waals surface area contributed by atoms with E-state index in [4.69, 9.17) is 0 Å². The van der Waals surface area contributed by atoms with E-state index in [1.54, 1.807) is 11.1 Å². The average molecular weight is 669 g/mol. The molecule has 0 fully saturated rings. The molecular weight excluding hydrogens is 595 g/mol. The van der Waals surface area contributed by atoms with Crippen molar-refractivity contribution < 1.29 is 0 Å². The predicted molar refractivity (Wildman–Crippen MR) is 220 cm³/mol. The summed E-state index contributed by atoms with van der Waals surface area (Å²) in [7, 11) is -0.151. The van der Waals surface area contributed by atoms with Gasteiger partial charge < -0.3 is 0 Å². The number of aryl methyl sites for hydroxylation is 2. The van der Waals surface area contributed by atoms with Crippen molar-refractivity contribution in [3.05, 3.63) is 92.0 Å². The molecule has 3 aromatic carbocycles. The molecule has 0 aliphatic rings. The number of rotatable bonds is 8. The normalized spacial score (nSPS) is 14.1. The third kappa shape index (κ3) is 9.87. The standard InChI is InChI=1S/C47H73P/c1-31-24-34(25-40(32(31)2)45(10,11)12)22-20-21-23-48(19)30-39-38(27-36(44(7,8)9)29-42(39)47(16,17)18)37-26-35(43(4,5)6)28-41(33(37)3)46(13,14)15/h24-29H,20-23,30H2,1-19H3. The van der Waals surface area contributed by atoms with Crippen LogP contribution in [0.1, 0.15) is 172 Å². The Morgan fingerprint density at radius 3 is 1.42 bits per heavy atom. The summed E-state index contributed by atoms with van der Waals surface area (Å²) in [5, 5.41) is 0. The molecule has 1 unspecified atom stereocenters. The van der Waals surface area contributed by atoms with E-state index in [-0.39, 0.29) is 35.0 Å². The molecule has 0 nitrogen and oxygen atoms in total. The quantitative estimate of drug-likeness (QED) is 0.166. The average Bonchev–Trinajstić information content (AvgIpc) is 2.90. The minimum absolute atomic E-state index is 0.0674. The Morgan fingerprint density at radius 1 is 0.479 bits per heavy atom. The Bertz CT molecular complexity index is 1580. The Hall–Kier alpha value is -1.91. The number of unbranched alkanes of at least 4 members (excludes halogenated alkanes) is 1. The summed E-state index contributed by atoms with van der Waals surface area (Å²) in [5.74, 6) is 0. The first-order chi connectivity index (χ1) is 21.6. The minimum Gasteiger partial charge on any atom is -0.105 e. The molecule has 1 heteroatoms. The molecule has 3 rings (SSSR count). The lowest BCUT2D eigenvalue weighted by Crippen LogP contribution is -2.21. The fraction of sp³-hybridized carbons (Fsp3) is 0.617. The third-order valence-corrected chi connectivity index (χ3v) is 12.5. The minimum atomic E-state index is -0.151. The molecule has 0 aliphatic heterocycles. The first-order valence-electron chi connectivity index (χ1n) is 18.8. The lowest BCUT2D eigenvalue weighted by molar-refractivity contribution is 0.563. The summed E-state index contributed by atoms with van der Waals surface area (Å²) < 4.78 is 0. The van der Waals surface area contributed by atoms with Gasteiger partial charge in [0, 0.05) is 0 Å². The topological polar surface area (TPSA) is 0 Å². The number of hydrogen-bond donors (Lipinski definition) is 0. The Balaban J connectivity index is 2.08. The smallest absolute Gasteiger partial charge is 0.00665 e. The second-order valence-corrected chi connectivity index (χ2v) is 22.8. The zero-order valence-corrected chi connectivity index (χ0v) is 35.8. The molecule has 48 heavy (non-hydrogen) atoms. The van der Waals surface area contributed by atoms with Crippen molar-refractivity contribution in [1.82, 2.24) is 0 Å². The van der Waals surface area contributed by atoms with E-state index in [0.717, 1.165) is 0 Å². The molecule has 266 valence electrons. The summed E-state index contributed by atoms with van der Waals surface area (Å²) >= 11 is 0. The molecule has 0 amide bonds. The lowest BCUT2D eigenvalue weighted by Gasteiger charge is -2.33. The summed E-state index contributed by atoms with van der Waals surface area (Å²) in [6.45, 7) is 45.2. The molecule has 0 bridgehead atoms. The van der Waals surface area contributed by atoms with E-state index in [2.05, 4.69) is 168 Å². The maximum absolute atomic E-state index is 2.58. The zero-order chi connectivity index (χ0) is 36.8. The van der Waals surface area contributed by atoms with Gasteiger partial charge in [0.1, 0.15) is 0 Å². The van der Waals surface area contributed by atoms with E-state index in [9.17, 15) is 0 Å². The Morgan fingerprint density at radius 2 is 0.938 bits per heavy atom. The van der Waals surface area contributed by atoms with Crippen molar-refractivity contribution in [3.8, 4) is 11.1 Å². The van der Waals surface area contributed by atoms with Gasteiger partial charge in [0.2, 0.25) is 0 Å². The number of hydrogen-bond acceptors (Lipinski definition) is 0. The van der Waals surface area contributed by atoms with Gasteiger partial charge in [-0.2, -0.15) is 0 Å². The molecule has 0 saturated heterocycles. The first-order valence-corrected chi connectivity index (χ1v) is 20.9. The highest BCUT2D eigenvalue weighted by molar-refractivity contribution is 7.56. The van der Waals surface area contributed by atoms with Gasteiger partial charge in [-0.3, -0.25) is 0 Å². The first kappa shape index (κ1) is 40.5. The van der Waals surface area contributed by atoms with E-state index >= 15 is 0 Å². The molecule has 0 spiro atoms. The number of benzene rings is 3. The molecule has 0 aliphatic carbocycles. The predicted octanol–water partition coefficient (Wildman–Crippen LogP) is 14.4. The van der Waals surface area contributed by atoms with Crippen LogP contribution in [0.5, 0.6) is 0 Å². The van der Waals surface area contributed by atoms with Crippen molar-refractivity contribution in [2.45, 2.75) is 177 Å². The van der Waals surface area contributed by atoms with Gasteiger partial charge in [-0.15, -0.1) is 7.92 Å². The SMILES string of the molecule is Cc1cc(CCCCP(C)Cc2c(-c3cc(C(C)(C)C)cc(C(C)(C)C)c3C)cc(C(C)(C)C)cc2C(C)(C)C)cc(C(C)(C)C)c1C. The van der Waals surface area contributed by atoms with Crippen LogP contribution < -0.4 is 0 Å². The van der Waals surface area contributed by atoms with Gasteiger partial charge >= 0.3 is 0 Å². The van der Waals surface area contributed by atoms with Crippen LogP contribution in [0.2, 0.25) is 0 Å². The highest BCUT2D eigenvalue weighted by Crippen LogP contribution is 2.47. The zero-order valence-electron chi connectivity index (χ0n) is 34.9. The van der Waals surface area contributed by atoms with Gasteiger partial charge in [0.05, 0.1) is 0 Å². The second-order valence-electron chi connectivity index (χ2n) is 20.3. The van der Waals surface area contributed by atoms with Gasteiger partial charge in [-0.05, 0) is 153 Å². The Kier molecular flexibility index (Phi) is 12.1. The molecule has 1 atom stereocenters. The lowest BCUT2D eigenvalue weighted by atomic mass is 9.73. The van der Waals surface area contributed by atoms with Gasteiger partial charge in [-0.1, -0.05) is 140 Å². The van der Waals surface area contributed by atoms with Crippen LogP contribution in [0.25, 0.3) is 11.1 Å². The van der Waals surface area contributed by atoms with Crippen LogP contribution in [0, 0.1) is 20.8 Å². The molecular formula is C47H73P. The molecule has 0 saturated carbocycles. The molecule has 0 heterocycles. The molecule has 0 aromatic heterocycles.